The quantitative estimate of drug-likeness (QED) is 0.518. The number of aromatic nitrogens is 6. The predicted molar refractivity (Wildman–Crippen MR) is 106 cm³/mol. The molecule has 4 rings (SSSR count). The van der Waals surface area contributed by atoms with E-state index in [-0.39, 0.29) is 17.0 Å². The molecule has 4 aromatic rings. The van der Waals surface area contributed by atoms with Gasteiger partial charge in [0.15, 0.2) is 5.65 Å². The van der Waals surface area contributed by atoms with Crippen LogP contribution in [0.2, 0.25) is 0 Å². The SMILES string of the molecule is CCCn1c(=O)[nH]c2nc(-c3cnn(CC#Cc4cccc(F)c4)c3)[nH]c2c1=O. The van der Waals surface area contributed by atoms with E-state index >= 15 is 0 Å². The van der Waals surface area contributed by atoms with Crippen LogP contribution in [0, 0.1) is 17.7 Å². The number of rotatable bonds is 4. The number of hydrogen-bond donors (Lipinski definition) is 2. The Balaban J connectivity index is 1.60. The monoisotopic (exact) mass is 392 g/mol. The predicted octanol–water partition coefficient (Wildman–Crippen LogP) is 1.88. The van der Waals surface area contributed by atoms with Crippen molar-refractivity contribution in [3.63, 3.8) is 0 Å². The van der Waals surface area contributed by atoms with Crippen LogP contribution in [0.5, 0.6) is 0 Å². The average Bonchev–Trinajstić information content (AvgIpc) is 3.32. The summed E-state index contributed by atoms with van der Waals surface area (Å²) in [6.45, 7) is 2.53. The van der Waals surface area contributed by atoms with Gasteiger partial charge in [-0.2, -0.15) is 5.10 Å². The number of halogens is 1. The third-order valence-corrected chi connectivity index (χ3v) is 4.29. The van der Waals surface area contributed by atoms with E-state index in [0.717, 1.165) is 4.57 Å². The molecule has 3 aromatic heterocycles. The first-order valence-electron chi connectivity index (χ1n) is 9.05. The highest BCUT2D eigenvalue weighted by Gasteiger charge is 2.13. The summed E-state index contributed by atoms with van der Waals surface area (Å²) in [6, 6.07) is 6.06. The van der Waals surface area contributed by atoms with E-state index in [1.54, 1.807) is 29.2 Å². The Morgan fingerprint density at radius 2 is 2.10 bits per heavy atom. The van der Waals surface area contributed by atoms with Gasteiger partial charge in [0, 0.05) is 18.3 Å². The van der Waals surface area contributed by atoms with Crippen LogP contribution < -0.4 is 11.2 Å². The molecule has 1 aromatic carbocycles. The molecule has 3 heterocycles. The van der Waals surface area contributed by atoms with Crippen molar-refractivity contribution in [2.24, 2.45) is 0 Å². The Morgan fingerprint density at radius 3 is 2.90 bits per heavy atom. The molecule has 29 heavy (non-hydrogen) atoms. The first-order chi connectivity index (χ1) is 14.0. The first kappa shape index (κ1) is 18.4. The third kappa shape index (κ3) is 3.73. The van der Waals surface area contributed by atoms with Crippen LogP contribution in [0.25, 0.3) is 22.6 Å². The van der Waals surface area contributed by atoms with Gasteiger partial charge < -0.3 is 4.98 Å². The van der Waals surface area contributed by atoms with E-state index in [2.05, 4.69) is 31.9 Å². The number of fused-ring (bicyclic) bond motifs is 1. The molecule has 0 saturated carbocycles. The van der Waals surface area contributed by atoms with Crippen molar-refractivity contribution in [1.82, 2.24) is 29.3 Å². The fourth-order valence-electron chi connectivity index (χ4n) is 2.94. The normalized spacial score (nSPS) is 10.8. The van der Waals surface area contributed by atoms with Gasteiger partial charge in [0.2, 0.25) is 0 Å². The maximum absolute atomic E-state index is 13.2. The molecule has 0 fully saturated rings. The van der Waals surface area contributed by atoms with Crippen LogP contribution in [0.3, 0.4) is 0 Å². The number of hydrogen-bond acceptors (Lipinski definition) is 4. The number of aromatic amines is 2. The minimum atomic E-state index is -0.481. The standard InChI is InChI=1S/C20H17FN6O2/c1-2-8-27-19(28)16-18(25-20(27)29)24-17(23-16)14-11-22-26(12-14)9-4-6-13-5-3-7-15(21)10-13/h3,5,7,10-12H,2,8-9H2,1H3,(H,23,24)(H,25,29). The molecule has 0 unspecified atom stereocenters. The Labute approximate surface area is 164 Å². The molecule has 2 N–H and O–H groups in total. The second-order valence-electron chi connectivity index (χ2n) is 6.43. The third-order valence-electron chi connectivity index (χ3n) is 4.29. The van der Waals surface area contributed by atoms with Crippen LogP contribution in [-0.2, 0) is 13.1 Å². The van der Waals surface area contributed by atoms with Gasteiger partial charge in [-0.3, -0.25) is 19.0 Å². The minimum absolute atomic E-state index is 0.209. The summed E-state index contributed by atoms with van der Waals surface area (Å²) in [4.78, 5) is 34.4. The Morgan fingerprint density at radius 1 is 1.24 bits per heavy atom. The Hall–Kier alpha value is -3.93. The molecule has 0 amide bonds. The van der Waals surface area contributed by atoms with Gasteiger partial charge in [0.25, 0.3) is 5.56 Å². The average molecular weight is 392 g/mol. The topological polar surface area (TPSA) is 101 Å². The fraction of sp³-hybridized carbons (Fsp3) is 0.200. The van der Waals surface area contributed by atoms with Crippen LogP contribution >= 0.6 is 0 Å². The van der Waals surface area contributed by atoms with E-state index in [1.165, 1.54) is 12.1 Å². The van der Waals surface area contributed by atoms with Gasteiger partial charge in [0.05, 0.1) is 11.8 Å². The van der Waals surface area contributed by atoms with Crippen LogP contribution in [-0.4, -0.2) is 29.3 Å². The maximum Gasteiger partial charge on any atom is 0.330 e. The van der Waals surface area contributed by atoms with Gasteiger partial charge in [-0.15, -0.1) is 0 Å². The largest absolute Gasteiger partial charge is 0.332 e. The summed E-state index contributed by atoms with van der Waals surface area (Å²) >= 11 is 0. The summed E-state index contributed by atoms with van der Waals surface area (Å²) < 4.78 is 15.9. The molecule has 0 radical (unpaired) electrons. The Kier molecular flexibility index (Phi) is 4.83. The van der Waals surface area contributed by atoms with E-state index in [9.17, 15) is 14.0 Å². The van der Waals surface area contributed by atoms with Gasteiger partial charge in [-0.05, 0) is 24.6 Å². The molecule has 0 aliphatic rings. The molecular formula is C20H17FN6O2. The van der Waals surface area contributed by atoms with Crippen molar-refractivity contribution < 1.29 is 4.39 Å². The number of nitrogens with zero attached hydrogens (tertiary/aromatic N) is 4. The van der Waals surface area contributed by atoms with Crippen LogP contribution in [0.15, 0.2) is 46.2 Å². The number of imidazole rings is 1. The van der Waals surface area contributed by atoms with Crippen LogP contribution in [0.4, 0.5) is 4.39 Å². The summed E-state index contributed by atoms with van der Waals surface area (Å²) in [7, 11) is 0. The van der Waals surface area contributed by atoms with Crippen molar-refractivity contribution in [3.8, 4) is 23.2 Å². The van der Waals surface area contributed by atoms with Crippen molar-refractivity contribution >= 4 is 11.2 Å². The summed E-state index contributed by atoms with van der Waals surface area (Å²) in [5.41, 5.74) is 0.800. The lowest BCUT2D eigenvalue weighted by Gasteiger charge is -2.00. The minimum Gasteiger partial charge on any atom is -0.332 e. The lowest BCUT2D eigenvalue weighted by atomic mass is 10.2. The highest BCUT2D eigenvalue weighted by Crippen LogP contribution is 2.16. The first-order valence-corrected chi connectivity index (χ1v) is 9.05. The van der Waals surface area contributed by atoms with Crippen molar-refractivity contribution in [2.45, 2.75) is 26.4 Å². The number of nitrogens with one attached hydrogen (secondary N) is 2. The van der Waals surface area contributed by atoms with E-state index in [4.69, 9.17) is 0 Å². The highest BCUT2D eigenvalue weighted by atomic mass is 19.1. The van der Waals surface area contributed by atoms with E-state index in [0.29, 0.717) is 36.5 Å². The second-order valence-corrected chi connectivity index (χ2v) is 6.43. The second kappa shape index (κ2) is 7.59. The van der Waals surface area contributed by atoms with Crippen molar-refractivity contribution in [2.75, 3.05) is 0 Å². The smallest absolute Gasteiger partial charge is 0.330 e. The van der Waals surface area contributed by atoms with E-state index in [1.807, 2.05) is 6.92 Å². The van der Waals surface area contributed by atoms with E-state index < -0.39 is 11.2 Å². The molecule has 0 aliphatic carbocycles. The van der Waals surface area contributed by atoms with Crippen LogP contribution in [0.1, 0.15) is 18.9 Å². The molecule has 146 valence electrons. The molecule has 0 atom stereocenters. The fourth-order valence-corrected chi connectivity index (χ4v) is 2.94. The zero-order valence-electron chi connectivity index (χ0n) is 15.6. The summed E-state index contributed by atoms with van der Waals surface area (Å²) in [5, 5.41) is 4.22. The lowest BCUT2D eigenvalue weighted by molar-refractivity contribution is 0.622. The van der Waals surface area contributed by atoms with Crippen molar-refractivity contribution in [1.29, 1.82) is 0 Å². The molecule has 0 saturated heterocycles. The zero-order chi connectivity index (χ0) is 20.4. The molecule has 0 bridgehead atoms. The van der Waals surface area contributed by atoms with Gasteiger partial charge in [-0.25, -0.2) is 14.2 Å². The van der Waals surface area contributed by atoms with Crippen molar-refractivity contribution in [3.05, 3.63) is 68.9 Å². The maximum atomic E-state index is 13.2. The number of H-pyrrole nitrogens is 2. The van der Waals surface area contributed by atoms with Gasteiger partial charge in [0.1, 0.15) is 23.7 Å². The molecule has 0 spiro atoms. The molecule has 9 heteroatoms. The zero-order valence-corrected chi connectivity index (χ0v) is 15.6. The summed E-state index contributed by atoms with van der Waals surface area (Å²) in [5.74, 6) is 5.89. The molecular weight excluding hydrogens is 375 g/mol. The summed E-state index contributed by atoms with van der Waals surface area (Å²) in [6.07, 6.45) is 3.98. The van der Waals surface area contributed by atoms with Gasteiger partial charge in [-0.1, -0.05) is 24.8 Å². The highest BCUT2D eigenvalue weighted by molar-refractivity contribution is 5.74. The molecule has 8 nitrogen and oxygen atoms in total. The van der Waals surface area contributed by atoms with Gasteiger partial charge >= 0.3 is 5.69 Å². The molecule has 0 aliphatic heterocycles. The Bertz CT molecular complexity index is 1370. The lowest BCUT2D eigenvalue weighted by Crippen LogP contribution is -2.34. The number of benzene rings is 1.